The molecule has 0 spiro atoms. The Kier molecular flexibility index (Phi) is 6.26. The Morgan fingerprint density at radius 1 is 0.969 bits per heavy atom. The van der Waals surface area contributed by atoms with Crippen molar-refractivity contribution >= 4 is 29.3 Å². The highest BCUT2D eigenvalue weighted by Gasteiger charge is 2.35. The summed E-state index contributed by atoms with van der Waals surface area (Å²) < 4.78 is 0. The van der Waals surface area contributed by atoms with Crippen LogP contribution in [0.5, 0.6) is 5.75 Å². The summed E-state index contributed by atoms with van der Waals surface area (Å²) in [5, 5.41) is 38.6. The van der Waals surface area contributed by atoms with Gasteiger partial charge in [-0.3, -0.25) is 34.7 Å². The first-order valence-corrected chi connectivity index (χ1v) is 9.03. The standard InChI is InChI=1S/C15H15N7O10/c23-13-3-4-14(24)19(13)32-15(25)17-5-7-18(8-6-17)22(30)16-31-12-2-1-10(20(26)27)9-11(12)21(28)29/h1-2,9H,3-8H2/b22-16-. The van der Waals surface area contributed by atoms with Crippen molar-refractivity contribution < 1.29 is 38.9 Å². The van der Waals surface area contributed by atoms with Crippen molar-refractivity contribution in [2.45, 2.75) is 12.8 Å². The molecular formula is C15H15N7O10. The Hall–Kier alpha value is -4.57. The third-order valence-corrected chi connectivity index (χ3v) is 4.49. The zero-order chi connectivity index (χ0) is 23.4. The molecule has 2 fully saturated rings. The highest BCUT2D eigenvalue weighted by atomic mass is 16.7. The van der Waals surface area contributed by atoms with Gasteiger partial charge in [0, 0.05) is 32.0 Å². The van der Waals surface area contributed by atoms with Gasteiger partial charge in [-0.2, -0.15) is 0 Å². The van der Waals surface area contributed by atoms with E-state index in [0.29, 0.717) is 11.1 Å². The first kappa shape index (κ1) is 22.1. The molecule has 2 heterocycles. The van der Waals surface area contributed by atoms with Gasteiger partial charge in [0.25, 0.3) is 17.5 Å². The Bertz CT molecular complexity index is 988. The van der Waals surface area contributed by atoms with Crippen LogP contribution in [0.1, 0.15) is 12.8 Å². The van der Waals surface area contributed by atoms with E-state index in [-0.39, 0.29) is 44.0 Å². The number of imide groups is 1. The summed E-state index contributed by atoms with van der Waals surface area (Å²) in [7, 11) is 0. The van der Waals surface area contributed by atoms with Gasteiger partial charge in [-0.15, -0.1) is 10.1 Å². The summed E-state index contributed by atoms with van der Waals surface area (Å²) in [5.74, 6) is -1.73. The van der Waals surface area contributed by atoms with E-state index in [1.54, 1.807) is 0 Å². The number of amides is 3. The van der Waals surface area contributed by atoms with Crippen LogP contribution in [0.3, 0.4) is 0 Å². The van der Waals surface area contributed by atoms with Gasteiger partial charge in [-0.05, 0) is 6.07 Å². The van der Waals surface area contributed by atoms with Gasteiger partial charge in [0.1, 0.15) is 0 Å². The van der Waals surface area contributed by atoms with E-state index in [1.165, 1.54) is 4.90 Å². The van der Waals surface area contributed by atoms with Crippen LogP contribution in [0.4, 0.5) is 16.2 Å². The normalized spacial score (nSPS) is 16.9. The van der Waals surface area contributed by atoms with E-state index in [4.69, 9.17) is 9.68 Å². The van der Waals surface area contributed by atoms with Gasteiger partial charge in [-0.1, -0.05) is 0 Å². The number of hydrazine groups is 1. The van der Waals surface area contributed by atoms with E-state index in [2.05, 4.69) is 5.28 Å². The predicted octanol–water partition coefficient (Wildman–Crippen LogP) is 0.492. The van der Waals surface area contributed by atoms with Crippen LogP contribution in [-0.2, 0) is 14.4 Å². The third-order valence-electron chi connectivity index (χ3n) is 4.49. The Morgan fingerprint density at radius 2 is 1.59 bits per heavy atom. The van der Waals surface area contributed by atoms with Crippen LogP contribution in [0.2, 0.25) is 0 Å². The maximum Gasteiger partial charge on any atom is 0.434 e. The SMILES string of the molecule is O=C(ON1C(=O)CCC1=O)N1CCN(/[N+]([O-])=N/Oc2ccc([N+](=O)[O-])cc2[N+](=O)[O-])CC1. The number of hydrogen-bond acceptors (Lipinski definition) is 11. The summed E-state index contributed by atoms with van der Waals surface area (Å²) >= 11 is 0. The maximum atomic E-state index is 12.1. The van der Waals surface area contributed by atoms with E-state index in [1.807, 2.05) is 0 Å². The van der Waals surface area contributed by atoms with Crippen LogP contribution < -0.4 is 4.84 Å². The Morgan fingerprint density at radius 3 is 2.16 bits per heavy atom. The first-order valence-electron chi connectivity index (χ1n) is 9.03. The lowest BCUT2D eigenvalue weighted by Gasteiger charge is -2.31. The van der Waals surface area contributed by atoms with Crippen LogP contribution in [-0.4, -0.2) is 73.9 Å². The topological polar surface area (TPSA) is 204 Å². The number of hydroxylamine groups is 2. The zero-order valence-corrected chi connectivity index (χ0v) is 16.2. The lowest BCUT2D eigenvalue weighted by atomic mass is 10.2. The second kappa shape index (κ2) is 9.06. The molecule has 32 heavy (non-hydrogen) atoms. The number of rotatable bonds is 6. The number of hydrogen-bond donors (Lipinski definition) is 0. The molecule has 17 heteroatoms. The molecule has 3 amide bonds. The van der Waals surface area contributed by atoms with E-state index < -0.39 is 44.9 Å². The number of piperazine rings is 1. The average Bonchev–Trinajstić information content (AvgIpc) is 3.09. The average molecular weight is 453 g/mol. The van der Waals surface area contributed by atoms with Crippen molar-refractivity contribution in [1.82, 2.24) is 15.0 Å². The van der Waals surface area contributed by atoms with Crippen LogP contribution in [0.25, 0.3) is 0 Å². The molecule has 0 aliphatic carbocycles. The zero-order valence-electron chi connectivity index (χ0n) is 16.2. The number of carbonyl (C=O) groups is 3. The van der Waals surface area contributed by atoms with E-state index in [9.17, 15) is 39.8 Å². The molecule has 1 aromatic rings. The number of benzene rings is 1. The van der Waals surface area contributed by atoms with E-state index in [0.717, 1.165) is 17.1 Å². The first-order chi connectivity index (χ1) is 15.2. The molecule has 0 atom stereocenters. The largest absolute Gasteiger partial charge is 0.569 e. The second-order valence-electron chi connectivity index (χ2n) is 6.47. The van der Waals surface area contributed by atoms with Crippen LogP contribution in [0, 0.1) is 25.4 Å². The molecule has 2 saturated heterocycles. The van der Waals surface area contributed by atoms with Crippen molar-refractivity contribution in [3.05, 3.63) is 43.6 Å². The number of non-ortho nitro benzene ring substituents is 1. The summed E-state index contributed by atoms with van der Waals surface area (Å²) in [6, 6.07) is 2.55. The molecular weight excluding hydrogens is 438 g/mol. The van der Waals surface area contributed by atoms with Crippen molar-refractivity contribution in [1.29, 1.82) is 0 Å². The van der Waals surface area contributed by atoms with Crippen molar-refractivity contribution in [3.63, 3.8) is 0 Å². The highest BCUT2D eigenvalue weighted by molar-refractivity contribution is 6.01. The molecule has 17 nitrogen and oxygen atoms in total. The molecule has 3 rings (SSSR count). The van der Waals surface area contributed by atoms with Crippen molar-refractivity contribution in [2.24, 2.45) is 5.28 Å². The number of nitro groups is 2. The molecule has 2 aliphatic heterocycles. The lowest BCUT2D eigenvalue weighted by molar-refractivity contribution is -0.708. The van der Waals surface area contributed by atoms with E-state index >= 15 is 0 Å². The Balaban J connectivity index is 1.57. The molecule has 0 N–H and O–H groups in total. The summed E-state index contributed by atoms with van der Waals surface area (Å²) in [6.45, 7) is -0.0899. The lowest BCUT2D eigenvalue weighted by Crippen LogP contribution is -2.52. The van der Waals surface area contributed by atoms with Crippen molar-refractivity contribution in [3.8, 4) is 5.75 Å². The molecule has 2 aliphatic rings. The summed E-state index contributed by atoms with van der Waals surface area (Å²) in [6.07, 6.45) is -1.01. The fourth-order valence-corrected chi connectivity index (χ4v) is 2.81. The third kappa shape index (κ3) is 4.77. The molecule has 0 bridgehead atoms. The van der Waals surface area contributed by atoms with Gasteiger partial charge in [0.05, 0.1) is 34.0 Å². The molecule has 0 radical (unpaired) electrons. The minimum absolute atomic E-state index is 0.0129. The molecule has 1 aromatic carbocycles. The quantitative estimate of drug-likeness (QED) is 0.190. The smallest absolute Gasteiger partial charge is 0.434 e. The van der Waals surface area contributed by atoms with Gasteiger partial charge < -0.3 is 14.9 Å². The minimum Gasteiger partial charge on any atom is -0.569 e. The fourth-order valence-electron chi connectivity index (χ4n) is 2.81. The van der Waals surface area contributed by atoms with Gasteiger partial charge in [0.15, 0.2) is 0 Å². The molecule has 0 unspecified atom stereocenters. The fraction of sp³-hybridized carbons (Fsp3) is 0.400. The van der Waals surface area contributed by atoms with Crippen LogP contribution in [0.15, 0.2) is 23.5 Å². The maximum absolute atomic E-state index is 12.1. The number of nitro benzene ring substituents is 2. The van der Waals surface area contributed by atoms with Crippen LogP contribution >= 0.6 is 0 Å². The minimum atomic E-state index is -0.930. The number of carbonyl (C=O) groups excluding carboxylic acids is 3. The highest BCUT2D eigenvalue weighted by Crippen LogP contribution is 2.31. The second-order valence-corrected chi connectivity index (χ2v) is 6.47. The summed E-state index contributed by atoms with van der Waals surface area (Å²) in [4.78, 5) is 65.9. The van der Waals surface area contributed by atoms with Gasteiger partial charge in [-0.25, -0.2) is 4.79 Å². The molecule has 0 saturated carbocycles. The number of nitrogens with zero attached hydrogens (tertiary/aromatic N) is 7. The molecule has 0 aromatic heterocycles. The van der Waals surface area contributed by atoms with Crippen molar-refractivity contribution in [2.75, 3.05) is 26.2 Å². The van der Waals surface area contributed by atoms with Gasteiger partial charge in [0.2, 0.25) is 11.0 Å². The Labute approximate surface area is 177 Å². The predicted molar refractivity (Wildman–Crippen MR) is 97.1 cm³/mol. The molecule has 170 valence electrons. The summed E-state index contributed by atoms with van der Waals surface area (Å²) in [5.41, 5.74) is -1.29. The monoisotopic (exact) mass is 453 g/mol. The van der Waals surface area contributed by atoms with Gasteiger partial charge >= 0.3 is 11.8 Å².